The molecular formula is C15H19BrClNO. The minimum atomic E-state index is -0.0469. The van der Waals surface area contributed by atoms with Crippen LogP contribution in [0.5, 0.6) is 0 Å². The Morgan fingerprint density at radius 1 is 1.42 bits per heavy atom. The van der Waals surface area contributed by atoms with Gasteiger partial charge in [0.25, 0.3) is 5.91 Å². The van der Waals surface area contributed by atoms with Crippen molar-refractivity contribution in [1.82, 2.24) is 5.32 Å². The number of hydrogen-bond donors (Lipinski definition) is 1. The maximum Gasteiger partial charge on any atom is 0.252 e. The van der Waals surface area contributed by atoms with Gasteiger partial charge in [0.1, 0.15) is 0 Å². The predicted octanol–water partition coefficient (Wildman–Crippen LogP) is 4.80. The van der Waals surface area contributed by atoms with Gasteiger partial charge in [-0.1, -0.05) is 38.3 Å². The lowest BCUT2D eigenvalue weighted by Crippen LogP contribution is -2.46. The van der Waals surface area contributed by atoms with Crippen LogP contribution in [0.15, 0.2) is 22.7 Å². The van der Waals surface area contributed by atoms with E-state index in [0.717, 1.165) is 17.3 Å². The second-order valence-electron chi connectivity index (χ2n) is 5.88. The van der Waals surface area contributed by atoms with Crippen molar-refractivity contribution in [1.29, 1.82) is 0 Å². The van der Waals surface area contributed by atoms with Crippen molar-refractivity contribution < 1.29 is 4.79 Å². The number of carbonyl (C=O) groups is 1. The van der Waals surface area contributed by atoms with Crippen molar-refractivity contribution in [3.05, 3.63) is 33.3 Å². The molecule has 4 heteroatoms. The first-order valence-corrected chi connectivity index (χ1v) is 7.83. The molecule has 0 aliphatic heterocycles. The van der Waals surface area contributed by atoms with E-state index in [9.17, 15) is 4.79 Å². The van der Waals surface area contributed by atoms with Crippen LogP contribution in [0, 0.1) is 5.41 Å². The topological polar surface area (TPSA) is 29.1 Å². The van der Waals surface area contributed by atoms with Crippen LogP contribution in [0.1, 0.15) is 49.9 Å². The van der Waals surface area contributed by atoms with Gasteiger partial charge in [-0.3, -0.25) is 4.79 Å². The molecule has 1 N–H and O–H groups in total. The SMILES string of the molecule is CC1(C)CCCCC1NC(=O)c1cc(Cl)ccc1Br. The monoisotopic (exact) mass is 343 g/mol. The number of hydrogen-bond acceptors (Lipinski definition) is 1. The fourth-order valence-corrected chi connectivity index (χ4v) is 3.27. The van der Waals surface area contributed by atoms with E-state index in [0.29, 0.717) is 10.6 Å². The van der Waals surface area contributed by atoms with E-state index in [1.54, 1.807) is 12.1 Å². The third-order valence-electron chi connectivity index (χ3n) is 3.99. The van der Waals surface area contributed by atoms with E-state index in [1.807, 2.05) is 6.07 Å². The van der Waals surface area contributed by atoms with Crippen LogP contribution in [0.3, 0.4) is 0 Å². The normalized spacial score (nSPS) is 22.0. The number of rotatable bonds is 2. The Morgan fingerprint density at radius 2 is 2.16 bits per heavy atom. The summed E-state index contributed by atoms with van der Waals surface area (Å²) in [7, 11) is 0. The third kappa shape index (κ3) is 3.51. The predicted molar refractivity (Wildman–Crippen MR) is 82.7 cm³/mol. The van der Waals surface area contributed by atoms with E-state index >= 15 is 0 Å². The van der Waals surface area contributed by atoms with Gasteiger partial charge in [-0.2, -0.15) is 0 Å². The molecule has 1 aromatic carbocycles. The molecule has 1 amide bonds. The lowest BCUT2D eigenvalue weighted by Gasteiger charge is -2.39. The molecule has 2 rings (SSSR count). The van der Waals surface area contributed by atoms with Crippen LogP contribution in [0.2, 0.25) is 5.02 Å². The van der Waals surface area contributed by atoms with Crippen molar-refractivity contribution in [2.75, 3.05) is 0 Å². The smallest absolute Gasteiger partial charge is 0.252 e. The largest absolute Gasteiger partial charge is 0.349 e. The molecule has 0 heterocycles. The van der Waals surface area contributed by atoms with Crippen molar-refractivity contribution in [3.63, 3.8) is 0 Å². The van der Waals surface area contributed by atoms with Gasteiger partial charge in [0.05, 0.1) is 5.56 Å². The molecule has 1 atom stereocenters. The third-order valence-corrected chi connectivity index (χ3v) is 4.91. The van der Waals surface area contributed by atoms with Crippen molar-refractivity contribution in [2.24, 2.45) is 5.41 Å². The maximum absolute atomic E-state index is 12.4. The van der Waals surface area contributed by atoms with E-state index in [4.69, 9.17) is 11.6 Å². The minimum absolute atomic E-state index is 0.0469. The Bertz CT molecular complexity index is 487. The lowest BCUT2D eigenvalue weighted by molar-refractivity contribution is 0.0853. The highest BCUT2D eigenvalue weighted by Gasteiger charge is 2.33. The summed E-state index contributed by atoms with van der Waals surface area (Å²) in [5.41, 5.74) is 0.771. The molecule has 1 fully saturated rings. The molecule has 19 heavy (non-hydrogen) atoms. The number of halogens is 2. The molecule has 1 aliphatic rings. The number of benzene rings is 1. The van der Waals surface area contributed by atoms with Crippen LogP contribution in [0.4, 0.5) is 0 Å². The average molecular weight is 345 g/mol. The van der Waals surface area contributed by atoms with Gasteiger partial charge < -0.3 is 5.32 Å². The van der Waals surface area contributed by atoms with Gasteiger partial charge in [0, 0.05) is 15.5 Å². The standard InChI is InChI=1S/C15H19BrClNO/c1-15(2)8-4-3-5-13(15)18-14(19)11-9-10(17)6-7-12(11)16/h6-7,9,13H,3-5,8H2,1-2H3,(H,18,19). The fourth-order valence-electron chi connectivity index (χ4n) is 2.67. The van der Waals surface area contributed by atoms with Crippen LogP contribution in [0.25, 0.3) is 0 Å². The zero-order valence-electron chi connectivity index (χ0n) is 11.3. The van der Waals surface area contributed by atoms with E-state index < -0.39 is 0 Å². The number of amides is 1. The Kier molecular flexibility index (Phi) is 4.57. The molecule has 1 saturated carbocycles. The average Bonchev–Trinajstić information content (AvgIpc) is 2.34. The molecular weight excluding hydrogens is 326 g/mol. The first-order valence-electron chi connectivity index (χ1n) is 6.66. The molecule has 0 aromatic heterocycles. The van der Waals surface area contributed by atoms with Crippen molar-refractivity contribution in [3.8, 4) is 0 Å². The Hall–Kier alpha value is -0.540. The van der Waals surface area contributed by atoms with E-state index in [-0.39, 0.29) is 17.4 Å². The molecule has 1 aliphatic carbocycles. The maximum atomic E-state index is 12.4. The van der Waals surface area contributed by atoms with Crippen LogP contribution in [-0.4, -0.2) is 11.9 Å². The quantitative estimate of drug-likeness (QED) is 0.820. The molecule has 0 bridgehead atoms. The van der Waals surface area contributed by atoms with Gasteiger partial charge in [-0.15, -0.1) is 0 Å². The summed E-state index contributed by atoms with van der Waals surface area (Å²) in [6.45, 7) is 4.45. The molecule has 104 valence electrons. The highest BCUT2D eigenvalue weighted by atomic mass is 79.9. The van der Waals surface area contributed by atoms with Gasteiger partial charge in [0.2, 0.25) is 0 Å². The van der Waals surface area contributed by atoms with Crippen LogP contribution < -0.4 is 5.32 Å². The van der Waals surface area contributed by atoms with Crippen LogP contribution >= 0.6 is 27.5 Å². The Labute approximate surface area is 128 Å². The summed E-state index contributed by atoms with van der Waals surface area (Å²) >= 11 is 9.36. The zero-order chi connectivity index (χ0) is 14.0. The molecule has 1 unspecified atom stereocenters. The summed E-state index contributed by atoms with van der Waals surface area (Å²) < 4.78 is 0.781. The van der Waals surface area contributed by atoms with Gasteiger partial charge in [-0.05, 0) is 52.4 Å². The summed E-state index contributed by atoms with van der Waals surface area (Å²) in [6.07, 6.45) is 4.65. The van der Waals surface area contributed by atoms with Gasteiger partial charge in [-0.25, -0.2) is 0 Å². The summed E-state index contributed by atoms with van der Waals surface area (Å²) in [5, 5.41) is 3.75. The zero-order valence-corrected chi connectivity index (χ0v) is 13.6. The number of nitrogens with one attached hydrogen (secondary N) is 1. The van der Waals surface area contributed by atoms with Crippen molar-refractivity contribution in [2.45, 2.75) is 45.6 Å². The molecule has 0 saturated heterocycles. The van der Waals surface area contributed by atoms with Crippen LogP contribution in [-0.2, 0) is 0 Å². The summed E-state index contributed by atoms with van der Waals surface area (Å²) in [6, 6.07) is 5.52. The fraction of sp³-hybridized carbons (Fsp3) is 0.533. The highest BCUT2D eigenvalue weighted by molar-refractivity contribution is 9.10. The Balaban J connectivity index is 2.14. The number of carbonyl (C=O) groups excluding carboxylic acids is 1. The lowest BCUT2D eigenvalue weighted by atomic mass is 9.73. The second-order valence-corrected chi connectivity index (χ2v) is 7.18. The first kappa shape index (κ1) is 14.9. The first-order chi connectivity index (χ1) is 8.90. The molecule has 2 nitrogen and oxygen atoms in total. The highest BCUT2D eigenvalue weighted by Crippen LogP contribution is 2.35. The Morgan fingerprint density at radius 3 is 2.84 bits per heavy atom. The molecule has 0 spiro atoms. The molecule has 1 aromatic rings. The van der Waals surface area contributed by atoms with E-state index in [1.165, 1.54) is 12.8 Å². The van der Waals surface area contributed by atoms with Gasteiger partial charge in [0.15, 0.2) is 0 Å². The van der Waals surface area contributed by atoms with E-state index in [2.05, 4.69) is 35.1 Å². The van der Waals surface area contributed by atoms with Crippen molar-refractivity contribution >= 4 is 33.4 Å². The summed E-state index contributed by atoms with van der Waals surface area (Å²) in [4.78, 5) is 12.4. The minimum Gasteiger partial charge on any atom is -0.349 e. The summed E-state index contributed by atoms with van der Waals surface area (Å²) in [5.74, 6) is -0.0469. The second kappa shape index (κ2) is 5.84. The molecule has 0 radical (unpaired) electrons. The van der Waals surface area contributed by atoms with Gasteiger partial charge >= 0.3 is 0 Å².